The maximum Gasteiger partial charge on any atom is 0.131 e. The molecule has 1 aromatic carbocycles. The first kappa shape index (κ1) is 12.0. The van der Waals surface area contributed by atoms with Crippen molar-refractivity contribution in [2.75, 3.05) is 7.11 Å². The zero-order valence-corrected chi connectivity index (χ0v) is 10.3. The average molecular weight is 252 g/mol. The van der Waals surface area contributed by atoms with Gasteiger partial charge in [0.1, 0.15) is 11.6 Å². The Morgan fingerprint density at radius 3 is 2.94 bits per heavy atom. The molecule has 0 saturated heterocycles. The molecule has 1 aromatic heterocycles. The molecule has 17 heavy (non-hydrogen) atoms. The van der Waals surface area contributed by atoms with Crippen LogP contribution in [0.3, 0.4) is 0 Å². The first-order chi connectivity index (χ1) is 8.29. The summed E-state index contributed by atoms with van der Waals surface area (Å²) in [6.45, 7) is 1.20. The SMILES string of the molecule is COc1ccc(CNCc2cncs2)c(F)c1. The number of hydrogen-bond acceptors (Lipinski definition) is 4. The molecule has 90 valence electrons. The summed E-state index contributed by atoms with van der Waals surface area (Å²) in [5.74, 6) is 0.287. The van der Waals surface area contributed by atoms with Crippen molar-refractivity contribution in [2.45, 2.75) is 13.1 Å². The van der Waals surface area contributed by atoms with Crippen molar-refractivity contribution in [1.82, 2.24) is 10.3 Å². The van der Waals surface area contributed by atoms with Crippen molar-refractivity contribution in [3.8, 4) is 5.75 Å². The van der Waals surface area contributed by atoms with Crippen molar-refractivity contribution in [3.05, 3.63) is 46.2 Å². The highest BCUT2D eigenvalue weighted by Crippen LogP contribution is 2.16. The van der Waals surface area contributed by atoms with E-state index in [4.69, 9.17) is 4.74 Å². The molecule has 0 fully saturated rings. The number of nitrogens with zero attached hydrogens (tertiary/aromatic N) is 1. The average Bonchev–Trinajstić information content (AvgIpc) is 2.84. The monoisotopic (exact) mass is 252 g/mol. The van der Waals surface area contributed by atoms with Gasteiger partial charge in [-0.05, 0) is 6.07 Å². The van der Waals surface area contributed by atoms with Crippen LogP contribution in [0.2, 0.25) is 0 Å². The zero-order chi connectivity index (χ0) is 12.1. The van der Waals surface area contributed by atoms with Crippen LogP contribution < -0.4 is 10.1 Å². The summed E-state index contributed by atoms with van der Waals surface area (Å²) in [6, 6.07) is 4.88. The van der Waals surface area contributed by atoms with E-state index in [1.165, 1.54) is 13.2 Å². The normalized spacial score (nSPS) is 10.5. The number of benzene rings is 1. The Hall–Kier alpha value is -1.46. The van der Waals surface area contributed by atoms with Gasteiger partial charge in [-0.3, -0.25) is 4.98 Å². The molecule has 3 nitrogen and oxygen atoms in total. The second kappa shape index (κ2) is 5.75. The third-order valence-electron chi connectivity index (χ3n) is 2.36. The molecule has 0 amide bonds. The fourth-order valence-electron chi connectivity index (χ4n) is 1.45. The summed E-state index contributed by atoms with van der Waals surface area (Å²) in [6.07, 6.45) is 1.81. The number of nitrogens with one attached hydrogen (secondary N) is 1. The van der Waals surface area contributed by atoms with Crippen molar-refractivity contribution < 1.29 is 9.13 Å². The van der Waals surface area contributed by atoms with Gasteiger partial charge in [-0.2, -0.15) is 0 Å². The van der Waals surface area contributed by atoms with Gasteiger partial charge in [0.2, 0.25) is 0 Å². The smallest absolute Gasteiger partial charge is 0.131 e. The van der Waals surface area contributed by atoms with Gasteiger partial charge in [0, 0.05) is 35.8 Å². The van der Waals surface area contributed by atoms with E-state index in [-0.39, 0.29) is 5.82 Å². The van der Waals surface area contributed by atoms with Gasteiger partial charge in [0.15, 0.2) is 0 Å². The predicted molar refractivity (Wildman–Crippen MR) is 65.6 cm³/mol. The largest absolute Gasteiger partial charge is 0.497 e. The third kappa shape index (κ3) is 3.25. The lowest BCUT2D eigenvalue weighted by Crippen LogP contribution is -2.12. The maximum absolute atomic E-state index is 13.6. The molecule has 0 spiro atoms. The summed E-state index contributed by atoms with van der Waals surface area (Å²) >= 11 is 1.58. The Bertz CT molecular complexity index is 473. The van der Waals surface area contributed by atoms with E-state index >= 15 is 0 Å². The molecule has 0 bridgehead atoms. The lowest BCUT2D eigenvalue weighted by atomic mass is 10.2. The molecule has 0 radical (unpaired) electrons. The van der Waals surface area contributed by atoms with Crippen LogP contribution >= 0.6 is 11.3 Å². The number of hydrogen-bond donors (Lipinski definition) is 1. The molecule has 0 aliphatic rings. The van der Waals surface area contributed by atoms with E-state index in [1.807, 2.05) is 6.20 Å². The Labute approximate surface area is 103 Å². The zero-order valence-electron chi connectivity index (χ0n) is 9.44. The van der Waals surface area contributed by atoms with E-state index in [2.05, 4.69) is 10.3 Å². The van der Waals surface area contributed by atoms with Crippen LogP contribution in [-0.2, 0) is 13.1 Å². The van der Waals surface area contributed by atoms with Crippen LogP contribution in [0.15, 0.2) is 29.9 Å². The standard InChI is InChI=1S/C12H13FN2OS/c1-16-10-3-2-9(12(13)4-10)5-14-6-11-7-15-8-17-11/h2-4,7-8,14H,5-6H2,1H3. The first-order valence-electron chi connectivity index (χ1n) is 5.20. The minimum absolute atomic E-state index is 0.249. The summed E-state index contributed by atoms with van der Waals surface area (Å²) < 4.78 is 18.5. The highest BCUT2D eigenvalue weighted by molar-refractivity contribution is 7.09. The Morgan fingerprint density at radius 1 is 1.41 bits per heavy atom. The van der Waals surface area contributed by atoms with Gasteiger partial charge >= 0.3 is 0 Å². The van der Waals surface area contributed by atoms with Crippen molar-refractivity contribution >= 4 is 11.3 Å². The molecule has 0 atom stereocenters. The van der Waals surface area contributed by atoms with Crippen LogP contribution in [0.25, 0.3) is 0 Å². The van der Waals surface area contributed by atoms with Crippen molar-refractivity contribution in [1.29, 1.82) is 0 Å². The fraction of sp³-hybridized carbons (Fsp3) is 0.250. The molecule has 5 heteroatoms. The second-order valence-electron chi connectivity index (χ2n) is 3.53. The van der Waals surface area contributed by atoms with Gasteiger partial charge < -0.3 is 10.1 Å². The van der Waals surface area contributed by atoms with Gasteiger partial charge in [0.05, 0.1) is 12.6 Å². The number of halogens is 1. The lowest BCUT2D eigenvalue weighted by Gasteiger charge is -2.06. The van der Waals surface area contributed by atoms with E-state index in [1.54, 1.807) is 29.0 Å². The Kier molecular flexibility index (Phi) is 4.06. The molecule has 1 N–H and O–H groups in total. The Morgan fingerprint density at radius 2 is 2.29 bits per heavy atom. The van der Waals surface area contributed by atoms with E-state index in [0.29, 0.717) is 24.4 Å². The summed E-state index contributed by atoms with van der Waals surface area (Å²) in [7, 11) is 1.52. The first-order valence-corrected chi connectivity index (χ1v) is 6.08. The minimum Gasteiger partial charge on any atom is -0.497 e. The van der Waals surface area contributed by atoms with Crippen molar-refractivity contribution in [3.63, 3.8) is 0 Å². The molecule has 1 heterocycles. The predicted octanol–water partition coefficient (Wildman–Crippen LogP) is 2.58. The molecular weight excluding hydrogens is 239 g/mol. The summed E-state index contributed by atoms with van der Waals surface area (Å²) in [5, 5.41) is 3.17. The number of thiazole rings is 1. The maximum atomic E-state index is 13.6. The van der Waals surface area contributed by atoms with Crippen molar-refractivity contribution in [2.24, 2.45) is 0 Å². The van der Waals surface area contributed by atoms with E-state index < -0.39 is 0 Å². The Balaban J connectivity index is 1.90. The summed E-state index contributed by atoms with van der Waals surface area (Å²) in [4.78, 5) is 5.11. The molecule has 0 aliphatic carbocycles. The van der Waals surface area contributed by atoms with Gasteiger partial charge in [-0.25, -0.2) is 4.39 Å². The van der Waals surface area contributed by atoms with Crippen LogP contribution in [0.1, 0.15) is 10.4 Å². The fourth-order valence-corrected chi connectivity index (χ4v) is 2.01. The minimum atomic E-state index is -0.249. The molecule has 0 aliphatic heterocycles. The number of ether oxygens (including phenoxy) is 1. The second-order valence-corrected chi connectivity index (χ2v) is 4.50. The molecule has 0 unspecified atom stereocenters. The van der Waals surface area contributed by atoms with Gasteiger partial charge in [-0.15, -0.1) is 11.3 Å². The van der Waals surface area contributed by atoms with Crippen LogP contribution in [0, 0.1) is 5.82 Å². The quantitative estimate of drug-likeness (QED) is 0.888. The molecule has 0 saturated carbocycles. The lowest BCUT2D eigenvalue weighted by molar-refractivity contribution is 0.410. The highest BCUT2D eigenvalue weighted by Gasteiger charge is 2.03. The summed E-state index contributed by atoms with van der Waals surface area (Å²) in [5.41, 5.74) is 2.42. The highest BCUT2D eigenvalue weighted by atomic mass is 32.1. The van der Waals surface area contributed by atoms with Gasteiger partial charge in [0.25, 0.3) is 0 Å². The van der Waals surface area contributed by atoms with Gasteiger partial charge in [-0.1, -0.05) is 6.07 Å². The van der Waals surface area contributed by atoms with E-state index in [0.717, 1.165) is 4.88 Å². The van der Waals surface area contributed by atoms with Crippen LogP contribution in [0.5, 0.6) is 5.75 Å². The number of methoxy groups -OCH3 is 1. The molecule has 2 aromatic rings. The topological polar surface area (TPSA) is 34.1 Å². The number of aromatic nitrogens is 1. The van der Waals surface area contributed by atoms with Crippen LogP contribution in [-0.4, -0.2) is 12.1 Å². The molecule has 2 rings (SSSR count). The third-order valence-corrected chi connectivity index (χ3v) is 3.14. The molecular formula is C12H13FN2OS. The van der Waals surface area contributed by atoms with Crippen LogP contribution in [0.4, 0.5) is 4.39 Å². The number of rotatable bonds is 5. The van der Waals surface area contributed by atoms with E-state index in [9.17, 15) is 4.39 Å².